The van der Waals surface area contributed by atoms with Gasteiger partial charge in [0.25, 0.3) is 5.89 Å². The zero-order valence-electron chi connectivity index (χ0n) is 7.96. The average molecular weight is 225 g/mol. The van der Waals surface area contributed by atoms with Crippen LogP contribution in [0.1, 0.15) is 18.4 Å². The number of aliphatic hydroxyl groups excluding tert-OH is 1. The highest BCUT2D eigenvalue weighted by Crippen LogP contribution is 2.21. The van der Waals surface area contributed by atoms with Crippen molar-refractivity contribution in [1.29, 1.82) is 0 Å². The molecule has 80 valence electrons. The fraction of sp³-hybridized carbons (Fsp3) is 0.333. The van der Waals surface area contributed by atoms with Crippen LogP contribution in [-0.2, 0) is 0 Å². The van der Waals surface area contributed by atoms with Crippen molar-refractivity contribution in [3.63, 3.8) is 0 Å². The molecule has 5 nitrogen and oxygen atoms in total. The summed E-state index contributed by atoms with van der Waals surface area (Å²) >= 11 is 1.56. The van der Waals surface area contributed by atoms with Gasteiger partial charge in [0.1, 0.15) is 6.10 Å². The molecule has 0 radical (unpaired) electrons. The molecule has 15 heavy (non-hydrogen) atoms. The molecule has 1 unspecified atom stereocenters. The molecule has 2 heterocycles. The highest BCUT2D eigenvalue weighted by atomic mass is 32.1. The number of rotatable bonds is 4. The number of nitrogens with zero attached hydrogens (tertiary/aromatic N) is 2. The van der Waals surface area contributed by atoms with Crippen LogP contribution in [0.25, 0.3) is 11.4 Å². The summed E-state index contributed by atoms with van der Waals surface area (Å²) in [7, 11) is 0. The lowest BCUT2D eigenvalue weighted by atomic mass is 10.2. The van der Waals surface area contributed by atoms with E-state index in [9.17, 15) is 5.11 Å². The van der Waals surface area contributed by atoms with Crippen molar-refractivity contribution in [3.8, 4) is 11.4 Å². The van der Waals surface area contributed by atoms with Crippen molar-refractivity contribution in [1.82, 2.24) is 10.1 Å². The Kier molecular flexibility index (Phi) is 3.10. The first-order chi connectivity index (χ1) is 7.31. The average Bonchev–Trinajstić information content (AvgIpc) is 2.89. The summed E-state index contributed by atoms with van der Waals surface area (Å²) in [6, 6.07) is 1.90. The van der Waals surface area contributed by atoms with Crippen LogP contribution in [0.2, 0.25) is 0 Å². The van der Waals surface area contributed by atoms with Gasteiger partial charge in [0.15, 0.2) is 0 Å². The van der Waals surface area contributed by atoms with Gasteiger partial charge in [0.05, 0.1) is 0 Å². The molecule has 0 spiro atoms. The van der Waals surface area contributed by atoms with Gasteiger partial charge in [0, 0.05) is 10.9 Å². The zero-order valence-corrected chi connectivity index (χ0v) is 8.78. The molecule has 6 heteroatoms. The van der Waals surface area contributed by atoms with Crippen molar-refractivity contribution >= 4 is 11.3 Å². The number of nitrogens with two attached hydrogens (primary N) is 1. The van der Waals surface area contributed by atoms with Crippen LogP contribution in [0.5, 0.6) is 0 Å². The molecule has 0 amide bonds. The van der Waals surface area contributed by atoms with E-state index in [1.165, 1.54) is 0 Å². The maximum atomic E-state index is 9.56. The van der Waals surface area contributed by atoms with E-state index in [2.05, 4.69) is 10.1 Å². The standard InChI is InChI=1S/C9H11N3O2S/c10-3-1-7(13)9-11-8(12-14-9)6-2-4-15-5-6/h2,4-5,7,13H,1,3,10H2. The van der Waals surface area contributed by atoms with Crippen LogP contribution in [0, 0.1) is 0 Å². The fourth-order valence-corrected chi connectivity index (χ4v) is 1.80. The minimum atomic E-state index is -0.769. The highest BCUT2D eigenvalue weighted by Gasteiger charge is 2.15. The summed E-state index contributed by atoms with van der Waals surface area (Å²) in [5.41, 5.74) is 6.22. The predicted octanol–water partition coefficient (Wildman–Crippen LogP) is 1.18. The zero-order chi connectivity index (χ0) is 10.7. The Labute approximate surface area is 90.5 Å². The number of thiophene rings is 1. The summed E-state index contributed by atoms with van der Waals surface area (Å²) in [4.78, 5) is 4.09. The first kappa shape index (κ1) is 10.3. The fourth-order valence-electron chi connectivity index (χ4n) is 1.16. The van der Waals surface area contributed by atoms with Gasteiger partial charge in [-0.05, 0) is 24.4 Å². The van der Waals surface area contributed by atoms with E-state index in [1.54, 1.807) is 11.3 Å². The van der Waals surface area contributed by atoms with Gasteiger partial charge in [0.2, 0.25) is 5.82 Å². The van der Waals surface area contributed by atoms with E-state index < -0.39 is 6.10 Å². The minimum absolute atomic E-state index is 0.224. The summed E-state index contributed by atoms with van der Waals surface area (Å²) in [5, 5.41) is 17.2. The topological polar surface area (TPSA) is 85.2 Å². The van der Waals surface area contributed by atoms with Crippen LogP contribution in [0.15, 0.2) is 21.3 Å². The number of hydrogen-bond acceptors (Lipinski definition) is 6. The molecule has 0 bridgehead atoms. The van der Waals surface area contributed by atoms with Crippen LogP contribution >= 0.6 is 11.3 Å². The van der Waals surface area contributed by atoms with Crippen LogP contribution in [-0.4, -0.2) is 21.8 Å². The second kappa shape index (κ2) is 4.52. The van der Waals surface area contributed by atoms with Gasteiger partial charge >= 0.3 is 0 Å². The molecule has 2 aromatic heterocycles. The van der Waals surface area contributed by atoms with Crippen molar-refractivity contribution in [2.24, 2.45) is 5.73 Å². The van der Waals surface area contributed by atoms with E-state index in [1.807, 2.05) is 16.8 Å². The maximum absolute atomic E-state index is 9.56. The summed E-state index contributed by atoms with van der Waals surface area (Å²) in [6.45, 7) is 0.386. The molecule has 0 aromatic carbocycles. The number of aliphatic hydroxyl groups is 1. The largest absolute Gasteiger partial charge is 0.383 e. The van der Waals surface area contributed by atoms with Crippen LogP contribution < -0.4 is 5.73 Å². The molecule has 0 saturated heterocycles. The van der Waals surface area contributed by atoms with Crippen LogP contribution in [0.4, 0.5) is 0 Å². The highest BCUT2D eigenvalue weighted by molar-refractivity contribution is 7.08. The van der Waals surface area contributed by atoms with Gasteiger partial charge in [-0.25, -0.2) is 0 Å². The van der Waals surface area contributed by atoms with E-state index in [0.29, 0.717) is 18.8 Å². The Morgan fingerprint density at radius 2 is 2.47 bits per heavy atom. The Morgan fingerprint density at radius 3 is 3.13 bits per heavy atom. The Hall–Kier alpha value is -1.24. The minimum Gasteiger partial charge on any atom is -0.383 e. The van der Waals surface area contributed by atoms with E-state index >= 15 is 0 Å². The molecule has 0 aliphatic carbocycles. The monoisotopic (exact) mass is 225 g/mol. The second-order valence-electron chi connectivity index (χ2n) is 3.06. The lowest BCUT2D eigenvalue weighted by Crippen LogP contribution is -2.06. The van der Waals surface area contributed by atoms with Gasteiger partial charge < -0.3 is 15.4 Å². The predicted molar refractivity (Wildman–Crippen MR) is 56.2 cm³/mol. The lowest BCUT2D eigenvalue weighted by molar-refractivity contribution is 0.127. The quantitative estimate of drug-likeness (QED) is 0.816. The molecule has 1 atom stereocenters. The second-order valence-corrected chi connectivity index (χ2v) is 3.84. The molecule has 0 fully saturated rings. The molecular formula is C9H11N3O2S. The van der Waals surface area contributed by atoms with Crippen LogP contribution in [0.3, 0.4) is 0 Å². The third-order valence-corrected chi connectivity index (χ3v) is 2.63. The molecule has 0 aliphatic heterocycles. The molecular weight excluding hydrogens is 214 g/mol. The Balaban J connectivity index is 2.17. The maximum Gasteiger partial charge on any atom is 0.255 e. The van der Waals surface area contributed by atoms with Gasteiger partial charge in [-0.3, -0.25) is 0 Å². The first-order valence-electron chi connectivity index (χ1n) is 4.55. The SMILES string of the molecule is NCCC(O)c1nc(-c2ccsc2)no1. The number of hydrogen-bond donors (Lipinski definition) is 2. The third-order valence-electron chi connectivity index (χ3n) is 1.95. The van der Waals surface area contributed by atoms with E-state index in [-0.39, 0.29) is 5.89 Å². The smallest absolute Gasteiger partial charge is 0.255 e. The van der Waals surface area contributed by atoms with E-state index in [4.69, 9.17) is 10.3 Å². The van der Waals surface area contributed by atoms with Crippen molar-refractivity contribution in [2.75, 3.05) is 6.54 Å². The molecule has 0 aliphatic rings. The summed E-state index contributed by atoms with van der Waals surface area (Å²) in [6.07, 6.45) is -0.347. The molecule has 0 saturated carbocycles. The molecule has 2 rings (SSSR count). The van der Waals surface area contributed by atoms with Gasteiger partial charge in [-0.2, -0.15) is 16.3 Å². The first-order valence-corrected chi connectivity index (χ1v) is 5.50. The van der Waals surface area contributed by atoms with Crippen molar-refractivity contribution in [2.45, 2.75) is 12.5 Å². The summed E-state index contributed by atoms with van der Waals surface area (Å²) < 4.78 is 4.94. The Bertz CT molecular complexity index is 413. The number of aromatic nitrogens is 2. The van der Waals surface area contributed by atoms with Crippen molar-refractivity contribution < 1.29 is 9.63 Å². The lowest BCUT2D eigenvalue weighted by Gasteiger charge is -2.00. The van der Waals surface area contributed by atoms with Gasteiger partial charge in [-0.15, -0.1) is 0 Å². The Morgan fingerprint density at radius 1 is 1.60 bits per heavy atom. The molecule has 2 aromatic rings. The van der Waals surface area contributed by atoms with E-state index in [0.717, 1.165) is 5.56 Å². The third kappa shape index (κ3) is 2.23. The van der Waals surface area contributed by atoms with Crippen molar-refractivity contribution in [3.05, 3.63) is 22.7 Å². The van der Waals surface area contributed by atoms with Gasteiger partial charge in [-0.1, -0.05) is 5.16 Å². The normalized spacial score (nSPS) is 12.9. The molecule has 3 N–H and O–H groups in total. The summed E-state index contributed by atoms with van der Waals surface area (Å²) in [5.74, 6) is 0.726.